The number of methoxy groups -OCH3 is 1. The van der Waals surface area contributed by atoms with E-state index in [0.29, 0.717) is 53.1 Å². The Morgan fingerprint density at radius 2 is 2.03 bits per heavy atom. The van der Waals surface area contributed by atoms with E-state index < -0.39 is 5.60 Å². The summed E-state index contributed by atoms with van der Waals surface area (Å²) >= 11 is 0. The van der Waals surface area contributed by atoms with Gasteiger partial charge in [-0.05, 0) is 43.3 Å². The van der Waals surface area contributed by atoms with Gasteiger partial charge in [0.05, 0.1) is 36.6 Å². The molecule has 0 saturated carbocycles. The number of amides is 1. The molecule has 1 saturated heterocycles. The van der Waals surface area contributed by atoms with Crippen LogP contribution in [0.3, 0.4) is 0 Å². The Bertz CT molecular complexity index is 1370. The van der Waals surface area contributed by atoms with Crippen molar-refractivity contribution in [1.82, 2.24) is 4.90 Å². The molecule has 7 heteroatoms. The van der Waals surface area contributed by atoms with Crippen LogP contribution in [-0.4, -0.2) is 42.4 Å². The summed E-state index contributed by atoms with van der Waals surface area (Å²) in [5.74, 6) is 0.848. The summed E-state index contributed by atoms with van der Waals surface area (Å²) in [5.41, 5.74) is 1.35. The third kappa shape index (κ3) is 3.80. The molecule has 0 bridgehead atoms. The van der Waals surface area contributed by atoms with Crippen molar-refractivity contribution in [1.29, 1.82) is 0 Å². The number of likely N-dealkylation sites (tertiary alicyclic amines) is 1. The highest BCUT2D eigenvalue weighted by atomic mass is 16.5. The van der Waals surface area contributed by atoms with Gasteiger partial charge in [-0.15, -0.1) is 0 Å². The van der Waals surface area contributed by atoms with E-state index in [9.17, 15) is 14.4 Å². The molecule has 1 fully saturated rings. The Labute approximate surface area is 190 Å². The summed E-state index contributed by atoms with van der Waals surface area (Å²) in [5, 5.41) is 0.481. The maximum absolute atomic E-state index is 12.8. The smallest absolute Gasteiger partial charge is 0.246 e. The summed E-state index contributed by atoms with van der Waals surface area (Å²) in [7, 11) is 1.55. The molecule has 2 aromatic carbocycles. The third-order valence-electron chi connectivity index (χ3n) is 6.28. The fourth-order valence-corrected chi connectivity index (χ4v) is 4.50. The quantitative estimate of drug-likeness (QED) is 0.571. The van der Waals surface area contributed by atoms with Gasteiger partial charge in [0, 0.05) is 19.0 Å². The molecule has 3 aromatic rings. The lowest BCUT2D eigenvalue weighted by molar-refractivity contribution is -0.125. The van der Waals surface area contributed by atoms with Gasteiger partial charge in [0.15, 0.2) is 11.2 Å². The van der Waals surface area contributed by atoms with Gasteiger partial charge in [-0.1, -0.05) is 11.6 Å². The van der Waals surface area contributed by atoms with Crippen molar-refractivity contribution in [3.8, 4) is 11.5 Å². The number of hydrogen-bond donors (Lipinski definition) is 0. The number of rotatable bonds is 3. The van der Waals surface area contributed by atoms with Crippen molar-refractivity contribution >= 4 is 28.7 Å². The van der Waals surface area contributed by atoms with E-state index in [0.717, 1.165) is 5.56 Å². The summed E-state index contributed by atoms with van der Waals surface area (Å²) < 4.78 is 17.0. The molecule has 1 unspecified atom stereocenters. The highest BCUT2D eigenvalue weighted by Gasteiger charge is 2.46. The second-order valence-corrected chi connectivity index (χ2v) is 8.61. The van der Waals surface area contributed by atoms with Crippen molar-refractivity contribution in [3.63, 3.8) is 0 Å². The average Bonchev–Trinajstić information content (AvgIpc) is 3.21. The number of benzene rings is 2. The molecule has 1 spiro atoms. The molecule has 1 aromatic heterocycles. The van der Waals surface area contributed by atoms with E-state index in [1.165, 1.54) is 18.4 Å². The summed E-state index contributed by atoms with van der Waals surface area (Å²) in [6.07, 6.45) is 4.98. The highest BCUT2D eigenvalue weighted by Crippen LogP contribution is 2.40. The molecule has 168 valence electrons. The number of hydrogen-bond acceptors (Lipinski definition) is 6. The second-order valence-electron chi connectivity index (χ2n) is 8.61. The second kappa shape index (κ2) is 7.92. The molecule has 5 rings (SSSR count). The monoisotopic (exact) mass is 445 g/mol. The molecular weight excluding hydrogens is 422 g/mol. The summed E-state index contributed by atoms with van der Waals surface area (Å²) in [6.45, 7) is 2.67. The van der Waals surface area contributed by atoms with Gasteiger partial charge in [0.25, 0.3) is 0 Å². The van der Waals surface area contributed by atoms with Crippen molar-refractivity contribution in [3.05, 3.63) is 75.7 Å². The van der Waals surface area contributed by atoms with Gasteiger partial charge in [0.2, 0.25) is 5.91 Å². The number of Topliss-reactive ketones (excluding diaryl/α,β-unsaturated/α-hetero) is 1. The maximum Gasteiger partial charge on any atom is 0.246 e. The molecule has 0 N–H and O–H groups in total. The zero-order chi connectivity index (χ0) is 23.2. The molecule has 0 radical (unpaired) electrons. The standard InChI is InChI=1S/C26H23NO6/c1-16-3-6-22-20(11-16)25(30)17(14-32-22)4-8-24(29)27-10-9-26(15-27)13-21(28)19-12-18(31-2)5-7-23(19)33-26/h3-8,11-12,14H,9-10,13,15H2,1-2H3/b8-4+. The predicted molar refractivity (Wildman–Crippen MR) is 123 cm³/mol. The van der Waals surface area contributed by atoms with Gasteiger partial charge in [0.1, 0.15) is 28.9 Å². The van der Waals surface area contributed by atoms with Crippen molar-refractivity contribution in [2.45, 2.75) is 25.4 Å². The van der Waals surface area contributed by atoms with Gasteiger partial charge in [-0.2, -0.15) is 0 Å². The van der Waals surface area contributed by atoms with E-state index in [4.69, 9.17) is 13.9 Å². The van der Waals surface area contributed by atoms with Crippen LogP contribution in [0.4, 0.5) is 0 Å². The van der Waals surface area contributed by atoms with Gasteiger partial charge in [-0.3, -0.25) is 14.4 Å². The number of ketones is 1. The summed E-state index contributed by atoms with van der Waals surface area (Å²) in [6, 6.07) is 10.6. The van der Waals surface area contributed by atoms with Crippen LogP contribution in [0.5, 0.6) is 11.5 Å². The van der Waals surface area contributed by atoms with E-state index in [-0.39, 0.29) is 23.5 Å². The minimum absolute atomic E-state index is 0.0240. The molecule has 1 amide bonds. The Morgan fingerprint density at radius 3 is 2.85 bits per heavy atom. The molecule has 7 nitrogen and oxygen atoms in total. The molecule has 2 aliphatic heterocycles. The Balaban J connectivity index is 1.33. The van der Waals surface area contributed by atoms with Crippen LogP contribution in [0.1, 0.15) is 34.3 Å². The van der Waals surface area contributed by atoms with E-state index in [2.05, 4.69) is 0 Å². The van der Waals surface area contributed by atoms with Gasteiger partial charge in [-0.25, -0.2) is 0 Å². The lowest BCUT2D eigenvalue weighted by Gasteiger charge is -2.34. The number of carbonyl (C=O) groups is 2. The van der Waals surface area contributed by atoms with Crippen LogP contribution in [-0.2, 0) is 4.79 Å². The first-order valence-electron chi connectivity index (χ1n) is 10.8. The Morgan fingerprint density at radius 1 is 1.18 bits per heavy atom. The topological polar surface area (TPSA) is 86.0 Å². The van der Waals surface area contributed by atoms with Crippen molar-refractivity contribution in [2.24, 2.45) is 0 Å². The summed E-state index contributed by atoms with van der Waals surface area (Å²) in [4.78, 5) is 40.0. The molecule has 3 heterocycles. The number of nitrogens with zero attached hydrogens (tertiary/aromatic N) is 1. The van der Waals surface area contributed by atoms with E-state index in [1.807, 2.05) is 13.0 Å². The van der Waals surface area contributed by atoms with Crippen molar-refractivity contribution in [2.75, 3.05) is 20.2 Å². The van der Waals surface area contributed by atoms with Crippen LogP contribution in [0.25, 0.3) is 17.0 Å². The third-order valence-corrected chi connectivity index (χ3v) is 6.28. The number of carbonyl (C=O) groups excluding carboxylic acids is 2. The first kappa shape index (κ1) is 21.0. The van der Waals surface area contributed by atoms with E-state index in [1.54, 1.807) is 42.3 Å². The van der Waals surface area contributed by atoms with Crippen LogP contribution in [0.2, 0.25) is 0 Å². The minimum Gasteiger partial charge on any atom is -0.497 e. The minimum atomic E-state index is -0.734. The zero-order valence-electron chi connectivity index (χ0n) is 18.4. The lowest BCUT2D eigenvalue weighted by Crippen LogP contribution is -2.45. The molecular formula is C26H23NO6. The molecule has 33 heavy (non-hydrogen) atoms. The van der Waals surface area contributed by atoms with Crippen molar-refractivity contribution < 1.29 is 23.5 Å². The predicted octanol–water partition coefficient (Wildman–Crippen LogP) is 3.76. The van der Waals surface area contributed by atoms with Crippen LogP contribution in [0, 0.1) is 6.92 Å². The van der Waals surface area contributed by atoms with Crippen LogP contribution in [0.15, 0.2) is 57.9 Å². The fraction of sp³-hybridized carbons (Fsp3) is 0.269. The maximum atomic E-state index is 12.8. The van der Waals surface area contributed by atoms with Crippen LogP contribution >= 0.6 is 0 Å². The zero-order valence-corrected chi connectivity index (χ0v) is 18.4. The van der Waals surface area contributed by atoms with Crippen LogP contribution < -0.4 is 14.9 Å². The average molecular weight is 445 g/mol. The number of aryl methyl sites for hydroxylation is 1. The Hall–Kier alpha value is -3.87. The van der Waals surface area contributed by atoms with Gasteiger partial charge >= 0.3 is 0 Å². The largest absolute Gasteiger partial charge is 0.497 e. The highest BCUT2D eigenvalue weighted by molar-refractivity contribution is 6.01. The van der Waals surface area contributed by atoms with E-state index >= 15 is 0 Å². The normalized spacial score (nSPS) is 19.8. The Kier molecular flexibility index (Phi) is 5.04. The van der Waals surface area contributed by atoms with Gasteiger partial charge < -0.3 is 18.8 Å². The lowest BCUT2D eigenvalue weighted by atomic mass is 9.89. The fourth-order valence-electron chi connectivity index (χ4n) is 4.50. The molecule has 0 aliphatic carbocycles. The first-order chi connectivity index (χ1) is 15.9. The number of fused-ring (bicyclic) bond motifs is 2. The SMILES string of the molecule is COc1ccc2c(c1)C(=O)CC1(CCN(C(=O)/C=C/c3coc4ccc(C)cc4c3=O)C1)O2. The first-order valence-corrected chi connectivity index (χ1v) is 10.8. The molecule has 2 aliphatic rings. The molecule has 1 atom stereocenters. The number of ether oxygens (including phenoxy) is 2.